The van der Waals surface area contributed by atoms with Gasteiger partial charge in [-0.15, -0.1) is 0 Å². The first-order valence-corrected chi connectivity index (χ1v) is 10.0. The number of unbranched alkanes of at least 4 members (excludes halogenated alkanes) is 1. The molecule has 118 valence electrons. The van der Waals surface area contributed by atoms with Gasteiger partial charge in [-0.25, -0.2) is 8.42 Å². The maximum Gasteiger partial charge on any atom is 0.226 e. The molecule has 0 unspecified atom stereocenters. The average Bonchev–Trinajstić information content (AvgIpc) is 3.14. The van der Waals surface area contributed by atoms with Crippen molar-refractivity contribution in [1.29, 1.82) is 0 Å². The normalized spacial score (nSPS) is 36.2. The molecule has 0 spiro atoms. The largest absolute Gasteiger partial charge is 0.338 e. The van der Waals surface area contributed by atoms with Crippen molar-refractivity contribution < 1.29 is 13.2 Å². The third-order valence-corrected chi connectivity index (χ3v) is 7.03. The summed E-state index contributed by atoms with van der Waals surface area (Å²) in [5.74, 6) is 1.68. The highest BCUT2D eigenvalue weighted by atomic mass is 32.2. The van der Waals surface area contributed by atoms with Crippen molar-refractivity contribution in [3.63, 3.8) is 0 Å². The fraction of sp³-hybridized carbons (Fsp3) is 0.812. The summed E-state index contributed by atoms with van der Waals surface area (Å²) in [6, 6.07) is -0.0860. The van der Waals surface area contributed by atoms with Crippen molar-refractivity contribution in [2.24, 2.45) is 17.8 Å². The van der Waals surface area contributed by atoms with Crippen LogP contribution in [0.25, 0.3) is 0 Å². The Balaban J connectivity index is 1.73. The van der Waals surface area contributed by atoms with Crippen molar-refractivity contribution in [3.8, 4) is 0 Å². The Morgan fingerprint density at radius 1 is 1.29 bits per heavy atom. The first kappa shape index (κ1) is 15.1. The van der Waals surface area contributed by atoms with E-state index >= 15 is 0 Å². The quantitative estimate of drug-likeness (QED) is 0.730. The minimum absolute atomic E-state index is 0.0860. The zero-order chi connectivity index (χ0) is 15.0. The van der Waals surface area contributed by atoms with Crippen LogP contribution in [0, 0.1) is 17.8 Å². The molecule has 2 bridgehead atoms. The molecule has 0 aromatic heterocycles. The van der Waals surface area contributed by atoms with Gasteiger partial charge in [0.15, 0.2) is 9.84 Å². The second-order valence-corrected chi connectivity index (χ2v) is 9.06. The molecule has 0 radical (unpaired) electrons. The Kier molecular flexibility index (Phi) is 4.12. The molecule has 4 atom stereocenters. The van der Waals surface area contributed by atoms with Gasteiger partial charge >= 0.3 is 0 Å². The van der Waals surface area contributed by atoms with E-state index in [9.17, 15) is 13.2 Å². The number of fused-ring (bicyclic) bond motifs is 2. The topological polar surface area (TPSA) is 54.5 Å². The summed E-state index contributed by atoms with van der Waals surface area (Å²) in [7, 11) is -2.94. The third kappa shape index (κ3) is 3.03. The maximum absolute atomic E-state index is 12.9. The highest BCUT2D eigenvalue weighted by molar-refractivity contribution is 7.91. The number of carbonyl (C=O) groups is 1. The standard InChI is InChI=1S/C16H25NO3S/c1-2-3-7-17(14-6-8-21(19,20)11-14)16(18)15-10-12-4-5-13(15)9-12/h4-5,12-15H,2-3,6-11H2,1H3/t12-,13-,14+,15-/m0/s1. The van der Waals surface area contributed by atoms with Crippen LogP contribution in [-0.2, 0) is 14.6 Å². The number of nitrogens with zero attached hydrogens (tertiary/aromatic N) is 1. The van der Waals surface area contributed by atoms with Crippen molar-refractivity contribution in [3.05, 3.63) is 12.2 Å². The summed E-state index contributed by atoms with van der Waals surface area (Å²) in [5, 5.41) is 0. The summed E-state index contributed by atoms with van der Waals surface area (Å²) >= 11 is 0. The third-order valence-electron chi connectivity index (χ3n) is 5.28. The number of carbonyl (C=O) groups excluding carboxylic acids is 1. The Morgan fingerprint density at radius 3 is 2.62 bits per heavy atom. The van der Waals surface area contributed by atoms with E-state index in [4.69, 9.17) is 0 Å². The van der Waals surface area contributed by atoms with Gasteiger partial charge < -0.3 is 4.90 Å². The molecule has 1 amide bonds. The lowest BCUT2D eigenvalue weighted by Gasteiger charge is -2.32. The van der Waals surface area contributed by atoms with Crippen molar-refractivity contribution in [2.75, 3.05) is 18.1 Å². The van der Waals surface area contributed by atoms with Crippen LogP contribution in [0.15, 0.2) is 12.2 Å². The number of hydrogen-bond acceptors (Lipinski definition) is 3. The van der Waals surface area contributed by atoms with Crippen LogP contribution in [-0.4, -0.2) is 43.3 Å². The van der Waals surface area contributed by atoms with E-state index < -0.39 is 9.84 Å². The monoisotopic (exact) mass is 311 g/mol. The van der Waals surface area contributed by atoms with Crippen molar-refractivity contribution in [2.45, 2.75) is 45.1 Å². The van der Waals surface area contributed by atoms with Gasteiger partial charge in [0, 0.05) is 18.5 Å². The SMILES string of the molecule is CCCCN(C(=O)[C@H]1C[C@H]2C=C[C@H]1C2)[C@@H]1CCS(=O)(=O)C1. The van der Waals surface area contributed by atoms with Crippen LogP contribution >= 0.6 is 0 Å². The van der Waals surface area contributed by atoms with Crippen LogP contribution < -0.4 is 0 Å². The lowest BCUT2D eigenvalue weighted by Crippen LogP contribution is -2.45. The molecule has 5 heteroatoms. The van der Waals surface area contributed by atoms with E-state index in [1.165, 1.54) is 0 Å². The average molecular weight is 311 g/mol. The van der Waals surface area contributed by atoms with E-state index in [0.29, 0.717) is 24.8 Å². The van der Waals surface area contributed by atoms with Crippen LogP contribution in [0.2, 0.25) is 0 Å². The number of rotatable bonds is 5. The van der Waals surface area contributed by atoms with Gasteiger partial charge in [0.2, 0.25) is 5.91 Å². The molecule has 1 saturated heterocycles. The predicted molar refractivity (Wildman–Crippen MR) is 82.5 cm³/mol. The molecular formula is C16H25NO3S. The minimum Gasteiger partial charge on any atom is -0.338 e. The second-order valence-electron chi connectivity index (χ2n) is 6.83. The van der Waals surface area contributed by atoms with E-state index in [1.807, 2.05) is 4.90 Å². The number of amides is 1. The molecule has 1 aliphatic heterocycles. The van der Waals surface area contributed by atoms with Crippen molar-refractivity contribution in [1.82, 2.24) is 4.90 Å². The summed E-state index contributed by atoms with van der Waals surface area (Å²) in [6.45, 7) is 2.82. The summed E-state index contributed by atoms with van der Waals surface area (Å²) < 4.78 is 23.5. The Hall–Kier alpha value is -0.840. The van der Waals surface area contributed by atoms with E-state index in [0.717, 1.165) is 25.7 Å². The van der Waals surface area contributed by atoms with Gasteiger partial charge in [0.05, 0.1) is 11.5 Å². The fourth-order valence-electron chi connectivity index (χ4n) is 4.10. The fourth-order valence-corrected chi connectivity index (χ4v) is 5.83. The predicted octanol–water partition coefficient (Wildman–Crippen LogP) is 2.01. The van der Waals surface area contributed by atoms with Gasteiger partial charge in [-0.1, -0.05) is 25.5 Å². The first-order valence-electron chi connectivity index (χ1n) is 8.19. The van der Waals surface area contributed by atoms with E-state index in [2.05, 4.69) is 19.1 Å². The summed E-state index contributed by atoms with van der Waals surface area (Å²) in [5.41, 5.74) is 0. The zero-order valence-electron chi connectivity index (χ0n) is 12.7. The molecule has 3 aliphatic rings. The lowest BCUT2D eigenvalue weighted by molar-refractivity contribution is -0.138. The van der Waals surface area contributed by atoms with Gasteiger partial charge in [-0.05, 0) is 37.5 Å². The van der Waals surface area contributed by atoms with Gasteiger partial charge in [-0.2, -0.15) is 0 Å². The Labute approximate surface area is 127 Å². The molecule has 0 aromatic rings. The highest BCUT2D eigenvalue weighted by Gasteiger charge is 2.44. The Morgan fingerprint density at radius 2 is 2.10 bits per heavy atom. The van der Waals surface area contributed by atoms with Crippen LogP contribution in [0.5, 0.6) is 0 Å². The summed E-state index contributed by atoms with van der Waals surface area (Å²) in [6.07, 6.45) is 9.11. The second kappa shape index (κ2) is 5.75. The number of sulfone groups is 1. The molecule has 4 nitrogen and oxygen atoms in total. The smallest absolute Gasteiger partial charge is 0.226 e. The van der Waals surface area contributed by atoms with Gasteiger partial charge in [0.25, 0.3) is 0 Å². The highest BCUT2D eigenvalue weighted by Crippen LogP contribution is 2.44. The number of hydrogen-bond donors (Lipinski definition) is 0. The molecule has 3 rings (SSSR count). The Bertz CT molecular complexity index is 540. The van der Waals surface area contributed by atoms with E-state index in [1.54, 1.807) is 0 Å². The first-order chi connectivity index (χ1) is 10.00. The molecule has 0 aromatic carbocycles. The summed E-state index contributed by atoms with van der Waals surface area (Å²) in [4.78, 5) is 14.8. The lowest BCUT2D eigenvalue weighted by atomic mass is 9.91. The zero-order valence-corrected chi connectivity index (χ0v) is 13.5. The maximum atomic E-state index is 12.9. The van der Waals surface area contributed by atoms with Crippen LogP contribution in [0.3, 0.4) is 0 Å². The molecule has 2 fully saturated rings. The van der Waals surface area contributed by atoms with E-state index in [-0.39, 0.29) is 29.4 Å². The molecule has 1 heterocycles. The molecule has 0 N–H and O–H groups in total. The molecule has 2 aliphatic carbocycles. The molecular weight excluding hydrogens is 286 g/mol. The van der Waals surface area contributed by atoms with Gasteiger partial charge in [-0.3, -0.25) is 4.79 Å². The number of allylic oxidation sites excluding steroid dienone is 2. The minimum atomic E-state index is -2.94. The van der Waals surface area contributed by atoms with Crippen molar-refractivity contribution >= 4 is 15.7 Å². The molecule has 21 heavy (non-hydrogen) atoms. The van der Waals surface area contributed by atoms with Crippen LogP contribution in [0.4, 0.5) is 0 Å². The van der Waals surface area contributed by atoms with Gasteiger partial charge in [0.1, 0.15) is 0 Å². The van der Waals surface area contributed by atoms with Crippen LogP contribution in [0.1, 0.15) is 39.0 Å². The molecule has 1 saturated carbocycles.